The molecule has 0 saturated heterocycles. The second-order valence-corrected chi connectivity index (χ2v) is 10.2. The smallest absolute Gasteiger partial charge is 0.0462 e. The number of nitrogens with zero attached hydrogens (tertiary/aromatic N) is 1. The first-order chi connectivity index (χ1) is 20.4. The van der Waals surface area contributed by atoms with Crippen LogP contribution in [0.1, 0.15) is 0 Å². The molecule has 1 nitrogen and oxygen atoms in total. The first kappa shape index (κ1) is 24.6. The minimum atomic E-state index is 1.12. The third-order valence-electron chi connectivity index (χ3n) is 7.66. The van der Waals surface area contributed by atoms with Gasteiger partial charge in [-0.15, -0.1) is 0 Å². The molecular weight excluding hydrogens is 494 g/mol. The molecule has 0 unspecified atom stereocenters. The summed E-state index contributed by atoms with van der Waals surface area (Å²) in [5.41, 5.74) is 10.8. The van der Waals surface area contributed by atoms with Crippen LogP contribution in [-0.2, 0) is 0 Å². The summed E-state index contributed by atoms with van der Waals surface area (Å²) in [6.45, 7) is 0. The molecule has 0 aliphatic rings. The lowest BCUT2D eigenvalue weighted by Crippen LogP contribution is -2.09. The van der Waals surface area contributed by atoms with Crippen molar-refractivity contribution in [1.29, 1.82) is 0 Å². The van der Waals surface area contributed by atoms with Crippen LogP contribution in [0.15, 0.2) is 176 Å². The predicted molar refractivity (Wildman–Crippen MR) is 175 cm³/mol. The Bertz CT molecular complexity index is 1850. The van der Waals surface area contributed by atoms with Crippen LogP contribution in [0.4, 0.5) is 17.1 Å². The maximum Gasteiger partial charge on any atom is 0.0462 e. The largest absolute Gasteiger partial charge is 0.311 e. The van der Waals surface area contributed by atoms with Crippen LogP contribution in [0.3, 0.4) is 0 Å². The number of hydrogen-bond donors (Lipinski definition) is 0. The lowest BCUT2D eigenvalue weighted by atomic mass is 9.85. The Morgan fingerprint density at radius 2 is 0.707 bits per heavy atom. The van der Waals surface area contributed by atoms with E-state index >= 15 is 0 Å². The minimum absolute atomic E-state index is 1.12. The van der Waals surface area contributed by atoms with Crippen LogP contribution < -0.4 is 4.90 Å². The van der Waals surface area contributed by atoms with Gasteiger partial charge in [0.2, 0.25) is 0 Å². The predicted octanol–water partition coefficient (Wildman–Crippen LogP) is 11.3. The molecule has 0 amide bonds. The fourth-order valence-corrected chi connectivity index (χ4v) is 5.77. The van der Waals surface area contributed by atoms with Gasteiger partial charge in [-0.05, 0) is 86.6 Å². The Morgan fingerprint density at radius 1 is 0.293 bits per heavy atom. The fraction of sp³-hybridized carbons (Fsp3) is 0. The molecule has 41 heavy (non-hydrogen) atoms. The van der Waals surface area contributed by atoms with Gasteiger partial charge in [-0.1, -0.05) is 133 Å². The Kier molecular flexibility index (Phi) is 6.61. The van der Waals surface area contributed by atoms with E-state index in [1.165, 1.54) is 44.2 Å². The highest BCUT2D eigenvalue weighted by Crippen LogP contribution is 2.43. The van der Waals surface area contributed by atoms with Gasteiger partial charge < -0.3 is 4.90 Å². The van der Waals surface area contributed by atoms with Gasteiger partial charge >= 0.3 is 0 Å². The zero-order chi connectivity index (χ0) is 27.4. The molecule has 0 aliphatic carbocycles. The van der Waals surface area contributed by atoms with Gasteiger partial charge in [0.05, 0.1) is 0 Å². The third-order valence-corrected chi connectivity index (χ3v) is 7.66. The average Bonchev–Trinajstić information content (AvgIpc) is 3.06. The number of anilines is 3. The molecule has 7 aromatic rings. The van der Waals surface area contributed by atoms with E-state index in [2.05, 4.69) is 181 Å². The first-order valence-electron chi connectivity index (χ1n) is 14.0. The molecule has 0 aromatic heterocycles. The quantitative estimate of drug-likeness (QED) is 0.209. The summed E-state index contributed by atoms with van der Waals surface area (Å²) in [4.78, 5) is 2.30. The van der Waals surface area contributed by atoms with Gasteiger partial charge in [0.15, 0.2) is 0 Å². The van der Waals surface area contributed by atoms with E-state index in [0.29, 0.717) is 0 Å². The van der Waals surface area contributed by atoms with Crippen molar-refractivity contribution < 1.29 is 0 Å². The summed E-state index contributed by atoms with van der Waals surface area (Å²) in [5, 5.41) is 2.51. The summed E-state index contributed by atoms with van der Waals surface area (Å²) in [6.07, 6.45) is 0. The van der Waals surface area contributed by atoms with E-state index in [0.717, 1.165) is 17.1 Å². The summed E-state index contributed by atoms with van der Waals surface area (Å²) in [5.74, 6) is 0. The molecule has 0 aliphatic heterocycles. The van der Waals surface area contributed by atoms with Gasteiger partial charge in [0.25, 0.3) is 0 Å². The second kappa shape index (κ2) is 11.0. The Morgan fingerprint density at radius 3 is 1.27 bits per heavy atom. The molecule has 0 heterocycles. The third kappa shape index (κ3) is 4.79. The SMILES string of the molecule is c1ccc(-c2cc(-c3ccc(N(c4ccccc4)c4ccccc4)cc3)c3ccccc3c2-c2ccccc2)cc1. The highest BCUT2D eigenvalue weighted by Gasteiger charge is 2.17. The second-order valence-electron chi connectivity index (χ2n) is 10.2. The van der Waals surface area contributed by atoms with Crippen LogP contribution in [0, 0.1) is 0 Å². The van der Waals surface area contributed by atoms with Crippen molar-refractivity contribution in [2.45, 2.75) is 0 Å². The zero-order valence-corrected chi connectivity index (χ0v) is 22.7. The molecule has 1 heteroatoms. The van der Waals surface area contributed by atoms with Crippen LogP contribution in [-0.4, -0.2) is 0 Å². The highest BCUT2D eigenvalue weighted by molar-refractivity contribution is 6.10. The standard InChI is InChI=1S/C40H29N/c1-5-15-30(16-6-1)39-29-38(36-23-13-14-24-37(36)40(39)32-17-7-2-8-18-32)31-25-27-35(28-26-31)41(33-19-9-3-10-20-33)34-21-11-4-12-22-34/h1-29H. The van der Waals surface area contributed by atoms with Crippen molar-refractivity contribution in [3.8, 4) is 33.4 Å². The topological polar surface area (TPSA) is 3.24 Å². The van der Waals surface area contributed by atoms with E-state index in [1.54, 1.807) is 0 Å². The van der Waals surface area contributed by atoms with Gasteiger partial charge in [-0.25, -0.2) is 0 Å². The van der Waals surface area contributed by atoms with Crippen molar-refractivity contribution in [2.24, 2.45) is 0 Å². The molecule has 0 radical (unpaired) electrons. The number of rotatable bonds is 6. The number of hydrogen-bond acceptors (Lipinski definition) is 1. The molecule has 0 atom stereocenters. The van der Waals surface area contributed by atoms with Gasteiger partial charge in [0, 0.05) is 17.1 Å². The summed E-state index contributed by atoms with van der Waals surface area (Å²) in [7, 11) is 0. The van der Waals surface area contributed by atoms with Crippen molar-refractivity contribution in [3.05, 3.63) is 176 Å². The van der Waals surface area contributed by atoms with Crippen LogP contribution in [0.5, 0.6) is 0 Å². The fourth-order valence-electron chi connectivity index (χ4n) is 5.77. The maximum absolute atomic E-state index is 2.38. The minimum Gasteiger partial charge on any atom is -0.311 e. The molecule has 7 aromatic carbocycles. The Hall–Kier alpha value is -5.40. The molecule has 0 bridgehead atoms. The van der Waals surface area contributed by atoms with E-state index in [4.69, 9.17) is 0 Å². The van der Waals surface area contributed by atoms with E-state index in [-0.39, 0.29) is 0 Å². The van der Waals surface area contributed by atoms with Crippen molar-refractivity contribution in [1.82, 2.24) is 0 Å². The molecule has 194 valence electrons. The van der Waals surface area contributed by atoms with E-state index in [1.807, 2.05) is 0 Å². The van der Waals surface area contributed by atoms with Crippen LogP contribution >= 0.6 is 0 Å². The number of para-hydroxylation sites is 2. The lowest BCUT2D eigenvalue weighted by Gasteiger charge is -2.25. The van der Waals surface area contributed by atoms with Crippen molar-refractivity contribution >= 4 is 27.8 Å². The molecule has 0 spiro atoms. The number of benzene rings is 7. The summed E-state index contributed by atoms with van der Waals surface area (Å²) < 4.78 is 0. The van der Waals surface area contributed by atoms with Crippen molar-refractivity contribution in [3.63, 3.8) is 0 Å². The lowest BCUT2D eigenvalue weighted by molar-refractivity contribution is 1.28. The molecular formula is C40H29N. The summed E-state index contributed by atoms with van der Waals surface area (Å²) in [6, 6.07) is 62.7. The Labute approximate surface area is 241 Å². The Balaban J connectivity index is 1.41. The van der Waals surface area contributed by atoms with Gasteiger partial charge in [-0.3, -0.25) is 0 Å². The monoisotopic (exact) mass is 523 g/mol. The summed E-state index contributed by atoms with van der Waals surface area (Å²) >= 11 is 0. The van der Waals surface area contributed by atoms with E-state index in [9.17, 15) is 0 Å². The molecule has 0 saturated carbocycles. The highest BCUT2D eigenvalue weighted by atomic mass is 15.1. The average molecular weight is 524 g/mol. The van der Waals surface area contributed by atoms with Crippen molar-refractivity contribution in [2.75, 3.05) is 4.90 Å². The number of fused-ring (bicyclic) bond motifs is 1. The maximum atomic E-state index is 2.38. The normalized spacial score (nSPS) is 10.9. The molecule has 0 fully saturated rings. The van der Waals surface area contributed by atoms with Gasteiger partial charge in [-0.2, -0.15) is 0 Å². The van der Waals surface area contributed by atoms with E-state index < -0.39 is 0 Å². The molecule has 7 rings (SSSR count). The first-order valence-corrected chi connectivity index (χ1v) is 14.0. The molecule has 0 N–H and O–H groups in total. The van der Waals surface area contributed by atoms with Crippen LogP contribution in [0.25, 0.3) is 44.2 Å². The van der Waals surface area contributed by atoms with Crippen LogP contribution in [0.2, 0.25) is 0 Å². The van der Waals surface area contributed by atoms with Gasteiger partial charge in [0.1, 0.15) is 0 Å². The zero-order valence-electron chi connectivity index (χ0n) is 22.7.